The number of ether oxygens (including phenoxy) is 3. The van der Waals surface area contributed by atoms with Gasteiger partial charge in [0.1, 0.15) is 0 Å². The lowest BCUT2D eigenvalue weighted by atomic mass is 9.95. The van der Waals surface area contributed by atoms with E-state index in [4.69, 9.17) is 14.2 Å². The summed E-state index contributed by atoms with van der Waals surface area (Å²) >= 11 is 0. The molecule has 40 heavy (non-hydrogen) atoms. The van der Waals surface area contributed by atoms with Crippen LogP contribution < -0.4 is 30.3 Å². The van der Waals surface area contributed by atoms with Gasteiger partial charge in [0.15, 0.2) is 11.5 Å². The van der Waals surface area contributed by atoms with Gasteiger partial charge in [0.2, 0.25) is 17.1 Å². The largest absolute Gasteiger partial charge is 0.493 e. The van der Waals surface area contributed by atoms with E-state index < -0.39 is 16.2 Å². The van der Waals surface area contributed by atoms with Gasteiger partial charge in [-0.3, -0.25) is 14.1 Å². The van der Waals surface area contributed by atoms with Crippen molar-refractivity contribution in [1.82, 2.24) is 5.32 Å². The normalized spacial score (nSPS) is 14.3. The molecule has 0 bridgehead atoms. The first-order valence-corrected chi connectivity index (χ1v) is 14.1. The molecule has 0 aliphatic heterocycles. The number of hydrogen-bond acceptors (Lipinski definition) is 8. The summed E-state index contributed by atoms with van der Waals surface area (Å²) in [7, 11) is 2.02. The van der Waals surface area contributed by atoms with Crippen molar-refractivity contribution in [3.63, 3.8) is 0 Å². The summed E-state index contributed by atoms with van der Waals surface area (Å²) in [6.07, 6.45) is 1.59. The maximum Gasteiger partial charge on any atom is 0.294 e. The van der Waals surface area contributed by atoms with Gasteiger partial charge in [-0.1, -0.05) is 18.2 Å². The minimum Gasteiger partial charge on any atom is -0.493 e. The lowest BCUT2D eigenvalue weighted by molar-refractivity contribution is -0.121. The van der Waals surface area contributed by atoms with Crippen LogP contribution in [0, 0.1) is 0 Å². The Morgan fingerprint density at radius 3 is 2.30 bits per heavy atom. The number of rotatable bonds is 9. The quantitative estimate of drug-likeness (QED) is 0.329. The van der Waals surface area contributed by atoms with E-state index in [0.717, 1.165) is 22.3 Å². The molecule has 1 atom stereocenters. The van der Waals surface area contributed by atoms with Gasteiger partial charge in [-0.05, 0) is 71.8 Å². The molecule has 0 heterocycles. The number of carbonyl (C=O) groups is 1. The molecule has 1 amide bonds. The SMILES string of the molecule is CNc1ccc2c(cc1=O)C(NC(=O)CCc1ccc(S(=O)(=O)O)cc1)CCc1cc(OC)c(OC)c(OC)c1-2. The molecule has 0 saturated heterocycles. The van der Waals surface area contributed by atoms with Gasteiger partial charge in [0.05, 0.1) is 38.0 Å². The van der Waals surface area contributed by atoms with Crippen LogP contribution in [0.25, 0.3) is 11.1 Å². The Hall–Kier alpha value is -4.09. The molecule has 0 radical (unpaired) electrons. The molecule has 4 rings (SSSR count). The summed E-state index contributed by atoms with van der Waals surface area (Å²) in [6, 6.07) is 12.2. The van der Waals surface area contributed by atoms with Gasteiger partial charge in [0.25, 0.3) is 10.1 Å². The van der Waals surface area contributed by atoms with Gasteiger partial charge in [0, 0.05) is 19.0 Å². The average Bonchev–Trinajstić information content (AvgIpc) is 3.18. The standard InChI is InChI=1S/C29H32N2O8S/c1-30-23-13-11-20-21(16-24(23)32)22(12-8-18-15-25(37-2)28(38-3)29(39-4)27(18)20)31-26(33)14-7-17-5-9-19(10-6-17)40(34,35)36/h5-6,9-11,13,15-16,22H,7-8,12,14H2,1-4H3,(H,30,32)(H,31,33)(H,34,35,36). The summed E-state index contributed by atoms with van der Waals surface area (Å²) in [5.41, 5.74) is 4.01. The number of anilines is 1. The fraction of sp³-hybridized carbons (Fsp3) is 0.310. The molecule has 1 aliphatic rings. The number of aryl methyl sites for hydroxylation is 2. The molecule has 10 nitrogen and oxygen atoms in total. The Bertz CT molecular complexity index is 1590. The highest BCUT2D eigenvalue weighted by Crippen LogP contribution is 2.50. The third kappa shape index (κ3) is 5.90. The molecular weight excluding hydrogens is 536 g/mol. The predicted molar refractivity (Wildman–Crippen MR) is 151 cm³/mol. The smallest absolute Gasteiger partial charge is 0.294 e. The zero-order valence-electron chi connectivity index (χ0n) is 22.7. The zero-order chi connectivity index (χ0) is 29.0. The molecule has 11 heteroatoms. The lowest BCUT2D eigenvalue weighted by Gasteiger charge is -2.20. The molecule has 0 fully saturated rings. The Kier molecular flexibility index (Phi) is 8.65. The van der Waals surface area contributed by atoms with Crippen LogP contribution >= 0.6 is 0 Å². The van der Waals surface area contributed by atoms with E-state index in [1.807, 2.05) is 12.1 Å². The van der Waals surface area contributed by atoms with E-state index in [1.54, 1.807) is 45.5 Å². The highest BCUT2D eigenvalue weighted by Gasteiger charge is 2.29. The van der Waals surface area contributed by atoms with E-state index in [2.05, 4.69) is 10.6 Å². The fourth-order valence-corrected chi connectivity index (χ4v) is 5.50. The van der Waals surface area contributed by atoms with Crippen molar-refractivity contribution >= 4 is 21.7 Å². The summed E-state index contributed by atoms with van der Waals surface area (Å²) < 4.78 is 48.7. The minimum atomic E-state index is -4.29. The lowest BCUT2D eigenvalue weighted by Crippen LogP contribution is -2.29. The van der Waals surface area contributed by atoms with Crippen LogP contribution in [0.4, 0.5) is 5.69 Å². The van der Waals surface area contributed by atoms with Crippen LogP contribution in [0.3, 0.4) is 0 Å². The summed E-state index contributed by atoms with van der Waals surface area (Å²) in [5.74, 6) is 1.20. The van der Waals surface area contributed by atoms with Crippen molar-refractivity contribution in [1.29, 1.82) is 0 Å². The maximum absolute atomic E-state index is 13.1. The molecule has 212 valence electrons. The average molecular weight is 569 g/mol. The molecule has 3 aromatic rings. The zero-order valence-corrected chi connectivity index (χ0v) is 23.6. The van der Waals surface area contributed by atoms with Crippen LogP contribution in [0.5, 0.6) is 17.2 Å². The number of benzene rings is 2. The molecular formula is C29H32N2O8S. The van der Waals surface area contributed by atoms with Gasteiger partial charge < -0.3 is 24.8 Å². The van der Waals surface area contributed by atoms with E-state index >= 15 is 0 Å². The van der Waals surface area contributed by atoms with Crippen LogP contribution in [-0.2, 0) is 27.8 Å². The van der Waals surface area contributed by atoms with Crippen LogP contribution in [-0.4, -0.2) is 47.3 Å². The third-order valence-corrected chi connectivity index (χ3v) is 7.87. The van der Waals surface area contributed by atoms with Gasteiger partial charge >= 0.3 is 0 Å². The second-order valence-electron chi connectivity index (χ2n) is 9.33. The van der Waals surface area contributed by atoms with E-state index in [0.29, 0.717) is 47.8 Å². The van der Waals surface area contributed by atoms with E-state index in [-0.39, 0.29) is 22.7 Å². The number of fused-ring (bicyclic) bond motifs is 3. The Balaban J connectivity index is 1.70. The fourth-order valence-electron chi connectivity index (χ4n) is 5.02. The van der Waals surface area contributed by atoms with Gasteiger partial charge in [-0.15, -0.1) is 0 Å². The highest BCUT2D eigenvalue weighted by atomic mass is 32.2. The van der Waals surface area contributed by atoms with E-state index in [9.17, 15) is 22.6 Å². The van der Waals surface area contributed by atoms with Gasteiger partial charge in [-0.25, -0.2) is 0 Å². The molecule has 1 aliphatic carbocycles. The molecule has 3 N–H and O–H groups in total. The van der Waals surface area contributed by atoms with E-state index in [1.165, 1.54) is 19.2 Å². The van der Waals surface area contributed by atoms with Crippen LogP contribution in [0.15, 0.2) is 58.2 Å². The Labute approximate surface area is 233 Å². The summed E-state index contributed by atoms with van der Waals surface area (Å²) in [4.78, 5) is 26.0. The molecule has 0 aromatic heterocycles. The minimum absolute atomic E-state index is 0.139. The van der Waals surface area contributed by atoms with Crippen molar-refractivity contribution in [2.24, 2.45) is 0 Å². The number of carbonyl (C=O) groups excluding carboxylic acids is 1. The predicted octanol–water partition coefficient (Wildman–Crippen LogP) is 3.76. The van der Waals surface area contributed by atoms with Gasteiger partial charge in [-0.2, -0.15) is 8.42 Å². The van der Waals surface area contributed by atoms with Crippen molar-refractivity contribution in [3.05, 3.63) is 75.4 Å². The van der Waals surface area contributed by atoms with Crippen molar-refractivity contribution in [2.45, 2.75) is 36.6 Å². The first-order chi connectivity index (χ1) is 19.1. The first kappa shape index (κ1) is 28.9. The summed E-state index contributed by atoms with van der Waals surface area (Å²) in [5, 5.41) is 6.02. The topological polar surface area (TPSA) is 140 Å². The molecule has 0 spiro atoms. The summed E-state index contributed by atoms with van der Waals surface area (Å²) in [6.45, 7) is 0. The maximum atomic E-state index is 13.1. The monoisotopic (exact) mass is 568 g/mol. The highest BCUT2D eigenvalue weighted by molar-refractivity contribution is 7.85. The Morgan fingerprint density at radius 1 is 1.00 bits per heavy atom. The van der Waals surface area contributed by atoms with Crippen molar-refractivity contribution in [2.75, 3.05) is 33.7 Å². The van der Waals surface area contributed by atoms with Crippen molar-refractivity contribution in [3.8, 4) is 28.4 Å². The third-order valence-electron chi connectivity index (χ3n) is 7.01. The second-order valence-corrected chi connectivity index (χ2v) is 10.8. The number of amides is 1. The number of nitrogens with one attached hydrogen (secondary N) is 2. The Morgan fingerprint density at radius 2 is 1.70 bits per heavy atom. The van der Waals surface area contributed by atoms with Crippen molar-refractivity contribution < 1.29 is 32.0 Å². The molecule has 3 aromatic carbocycles. The van der Waals surface area contributed by atoms with Crippen LogP contribution in [0.2, 0.25) is 0 Å². The number of hydrogen-bond donors (Lipinski definition) is 3. The molecule has 0 saturated carbocycles. The number of methoxy groups -OCH3 is 3. The first-order valence-electron chi connectivity index (χ1n) is 12.6. The second kappa shape index (κ2) is 12.0. The van der Waals surface area contributed by atoms with Crippen LogP contribution in [0.1, 0.15) is 35.6 Å². The molecule has 1 unspecified atom stereocenters.